The second-order valence-corrected chi connectivity index (χ2v) is 10.1. The van der Waals surface area contributed by atoms with Crippen LogP contribution in [0.15, 0.2) is 22.9 Å². The number of aryl methyl sites for hydroxylation is 2. The van der Waals surface area contributed by atoms with Crippen molar-refractivity contribution in [1.29, 1.82) is 0 Å². The van der Waals surface area contributed by atoms with E-state index in [1.165, 1.54) is 6.20 Å². The van der Waals surface area contributed by atoms with Crippen LogP contribution in [0.1, 0.15) is 51.7 Å². The van der Waals surface area contributed by atoms with Gasteiger partial charge in [-0.25, -0.2) is 18.2 Å². The van der Waals surface area contributed by atoms with E-state index in [1.807, 2.05) is 27.7 Å². The lowest BCUT2D eigenvalue weighted by Crippen LogP contribution is -2.49. The van der Waals surface area contributed by atoms with E-state index < -0.39 is 22.4 Å². The van der Waals surface area contributed by atoms with Gasteiger partial charge in [0.15, 0.2) is 0 Å². The highest BCUT2D eigenvalue weighted by Crippen LogP contribution is 2.25. The minimum absolute atomic E-state index is 0.0186. The number of alkyl halides is 1. The maximum Gasteiger partial charge on any atom is 0.334 e. The van der Waals surface area contributed by atoms with Crippen molar-refractivity contribution in [2.75, 3.05) is 29.8 Å². The number of anilines is 2. The van der Waals surface area contributed by atoms with Crippen molar-refractivity contribution in [1.82, 2.24) is 19.4 Å². The first kappa shape index (κ1) is 25.0. The molecule has 0 spiro atoms. The SMILES string of the molecule is CCc1cc(NC(=O)NS(=O)(=O)N(C[C@@H]2C[C@@H](F)CN2C)c2cnn(C(C)C)c2)c(CC)o1. The fourth-order valence-electron chi connectivity index (χ4n) is 3.84. The van der Waals surface area contributed by atoms with Gasteiger partial charge in [0, 0.05) is 43.7 Å². The summed E-state index contributed by atoms with van der Waals surface area (Å²) in [4.78, 5) is 14.4. The Morgan fingerprint density at radius 3 is 2.64 bits per heavy atom. The summed E-state index contributed by atoms with van der Waals surface area (Å²) >= 11 is 0. The second-order valence-electron chi connectivity index (χ2n) is 8.55. The van der Waals surface area contributed by atoms with E-state index in [9.17, 15) is 17.6 Å². The number of amides is 2. The first-order chi connectivity index (χ1) is 15.5. The van der Waals surface area contributed by atoms with Gasteiger partial charge < -0.3 is 9.73 Å². The third-order valence-electron chi connectivity index (χ3n) is 5.71. The molecule has 2 amide bonds. The monoisotopic (exact) mass is 484 g/mol. The molecule has 0 bridgehead atoms. The Labute approximate surface area is 194 Å². The molecule has 184 valence electrons. The summed E-state index contributed by atoms with van der Waals surface area (Å²) < 4.78 is 50.9. The first-order valence-electron chi connectivity index (χ1n) is 11.2. The normalized spacial score (nSPS) is 19.2. The van der Waals surface area contributed by atoms with Crippen LogP contribution >= 0.6 is 0 Å². The fraction of sp³-hybridized carbons (Fsp3) is 0.619. The molecule has 0 unspecified atom stereocenters. The zero-order chi connectivity index (χ0) is 24.3. The molecular formula is C21H33FN6O4S. The summed E-state index contributed by atoms with van der Waals surface area (Å²) in [7, 11) is -2.56. The van der Waals surface area contributed by atoms with Gasteiger partial charge in [-0.05, 0) is 27.3 Å². The van der Waals surface area contributed by atoms with Gasteiger partial charge in [-0.3, -0.25) is 9.58 Å². The fourth-order valence-corrected chi connectivity index (χ4v) is 4.98. The molecule has 0 saturated carbocycles. The summed E-state index contributed by atoms with van der Waals surface area (Å²) in [5, 5.41) is 6.79. The maximum absolute atomic E-state index is 13.9. The summed E-state index contributed by atoms with van der Waals surface area (Å²) in [5.41, 5.74) is 0.725. The number of nitrogens with one attached hydrogen (secondary N) is 2. The Morgan fingerprint density at radius 2 is 2.09 bits per heavy atom. The molecule has 1 aliphatic rings. The summed E-state index contributed by atoms with van der Waals surface area (Å²) in [5.74, 6) is 1.26. The molecule has 0 aromatic carbocycles. The molecule has 1 saturated heterocycles. The molecule has 2 atom stereocenters. The number of rotatable bonds is 9. The smallest absolute Gasteiger partial charge is 0.334 e. The topological polar surface area (TPSA) is 113 Å². The predicted octanol–water partition coefficient (Wildman–Crippen LogP) is 3.10. The van der Waals surface area contributed by atoms with Gasteiger partial charge in [0.2, 0.25) is 0 Å². The van der Waals surface area contributed by atoms with E-state index in [-0.39, 0.29) is 31.6 Å². The number of carbonyl (C=O) groups is 1. The third kappa shape index (κ3) is 5.85. The standard InChI is InChI=1S/C21H33FN6O4S/c1-6-18-9-19(20(7-2)32-18)24-21(29)25-33(30,31)28(13-16-8-15(22)11-26(16)5)17-10-23-27(12-17)14(3)4/h9-10,12,14-16H,6-8,11,13H2,1-5H3,(H2,24,25,29)/t15-,16+/m1/s1. The number of furan rings is 1. The number of likely N-dealkylation sites (tertiary alicyclic amines) is 1. The molecule has 1 fully saturated rings. The molecule has 2 aromatic rings. The number of nitrogens with zero attached hydrogens (tertiary/aromatic N) is 4. The second kappa shape index (κ2) is 10.1. The van der Waals surface area contributed by atoms with E-state index in [0.717, 1.165) is 4.31 Å². The van der Waals surface area contributed by atoms with Gasteiger partial charge >= 0.3 is 16.2 Å². The number of halogens is 1. The minimum Gasteiger partial charge on any atom is -0.464 e. The number of hydrogen-bond donors (Lipinski definition) is 2. The molecule has 3 heterocycles. The maximum atomic E-state index is 13.9. The van der Waals surface area contributed by atoms with Crippen molar-refractivity contribution in [3.05, 3.63) is 30.0 Å². The quantitative estimate of drug-likeness (QED) is 0.566. The minimum atomic E-state index is -4.32. The Bertz CT molecular complexity index is 1070. The Balaban J connectivity index is 1.83. The van der Waals surface area contributed by atoms with Gasteiger partial charge in [0.05, 0.1) is 24.1 Å². The average molecular weight is 485 g/mol. The zero-order valence-corrected chi connectivity index (χ0v) is 20.5. The average Bonchev–Trinajstić information content (AvgIpc) is 3.44. The van der Waals surface area contributed by atoms with Crippen LogP contribution in [0, 0.1) is 0 Å². The van der Waals surface area contributed by atoms with Crippen LogP contribution in [0.3, 0.4) is 0 Å². The van der Waals surface area contributed by atoms with Gasteiger partial charge in [-0.2, -0.15) is 13.5 Å². The van der Waals surface area contributed by atoms with E-state index in [1.54, 1.807) is 28.9 Å². The summed E-state index contributed by atoms with van der Waals surface area (Å²) in [6, 6.07) is 0.460. The van der Waals surface area contributed by atoms with E-state index in [4.69, 9.17) is 4.42 Å². The molecule has 12 heteroatoms. The molecule has 10 nitrogen and oxygen atoms in total. The van der Waals surface area contributed by atoms with E-state index in [0.29, 0.717) is 35.7 Å². The largest absolute Gasteiger partial charge is 0.464 e. The molecule has 0 aliphatic carbocycles. The highest BCUT2D eigenvalue weighted by molar-refractivity contribution is 7.91. The molecular weight excluding hydrogens is 451 g/mol. The molecule has 3 rings (SSSR count). The van der Waals surface area contributed by atoms with Crippen LogP contribution in [0.4, 0.5) is 20.6 Å². The molecule has 0 radical (unpaired) electrons. The van der Waals surface area contributed by atoms with Crippen LogP contribution in [-0.2, 0) is 23.1 Å². The lowest BCUT2D eigenvalue weighted by molar-refractivity contribution is 0.256. The van der Waals surface area contributed by atoms with Crippen LogP contribution in [0.2, 0.25) is 0 Å². The highest BCUT2D eigenvalue weighted by atomic mass is 32.2. The van der Waals surface area contributed by atoms with Crippen LogP contribution < -0.4 is 14.3 Å². The van der Waals surface area contributed by atoms with E-state index >= 15 is 0 Å². The summed E-state index contributed by atoms with van der Waals surface area (Å²) in [6.07, 6.45) is 3.40. The summed E-state index contributed by atoms with van der Waals surface area (Å²) in [6.45, 7) is 7.85. The lowest BCUT2D eigenvalue weighted by atomic mass is 10.2. The number of carbonyl (C=O) groups excluding carboxylic acids is 1. The Kier molecular flexibility index (Phi) is 7.68. The zero-order valence-electron chi connectivity index (χ0n) is 19.7. The number of aromatic nitrogens is 2. The van der Waals surface area contributed by atoms with Crippen molar-refractivity contribution < 1.29 is 22.0 Å². The predicted molar refractivity (Wildman–Crippen MR) is 124 cm³/mol. The van der Waals surface area contributed by atoms with Crippen LogP contribution in [0.5, 0.6) is 0 Å². The molecule has 2 aromatic heterocycles. The van der Waals surface area contributed by atoms with Crippen molar-refractivity contribution in [3.63, 3.8) is 0 Å². The molecule has 33 heavy (non-hydrogen) atoms. The Morgan fingerprint density at radius 1 is 1.36 bits per heavy atom. The van der Waals surface area contributed by atoms with Crippen LogP contribution in [0.25, 0.3) is 0 Å². The van der Waals surface area contributed by atoms with Crippen molar-refractivity contribution in [3.8, 4) is 0 Å². The molecule has 2 N–H and O–H groups in total. The number of hydrogen-bond acceptors (Lipinski definition) is 6. The number of likely N-dealkylation sites (N-methyl/N-ethyl adjacent to an activating group) is 1. The molecule has 1 aliphatic heterocycles. The van der Waals surface area contributed by atoms with Gasteiger partial charge in [-0.1, -0.05) is 13.8 Å². The van der Waals surface area contributed by atoms with E-state index in [2.05, 4.69) is 15.1 Å². The Hall–Kier alpha value is -2.60. The van der Waals surface area contributed by atoms with Gasteiger partial charge in [0.1, 0.15) is 17.7 Å². The van der Waals surface area contributed by atoms with Crippen LogP contribution in [-0.4, -0.2) is 61.5 Å². The van der Waals surface area contributed by atoms with Crippen molar-refractivity contribution in [2.24, 2.45) is 0 Å². The van der Waals surface area contributed by atoms with Crippen molar-refractivity contribution >= 4 is 27.6 Å². The van der Waals surface area contributed by atoms with Gasteiger partial charge in [-0.15, -0.1) is 0 Å². The van der Waals surface area contributed by atoms with Gasteiger partial charge in [0.25, 0.3) is 0 Å². The number of urea groups is 1. The highest BCUT2D eigenvalue weighted by Gasteiger charge is 2.35. The lowest BCUT2D eigenvalue weighted by Gasteiger charge is -2.28. The third-order valence-corrected chi connectivity index (χ3v) is 7.09. The van der Waals surface area contributed by atoms with Crippen molar-refractivity contribution in [2.45, 2.75) is 65.2 Å². The first-order valence-corrected chi connectivity index (χ1v) is 12.6.